The Labute approximate surface area is 297 Å². The lowest BCUT2D eigenvalue weighted by Gasteiger charge is -2.33. The molecule has 4 nitrogen and oxygen atoms in total. The average molecular weight is 655 g/mol. The molecule has 0 fully saturated rings. The molecule has 0 unspecified atom stereocenters. The van der Waals surface area contributed by atoms with Gasteiger partial charge in [0.15, 0.2) is 5.82 Å². The van der Waals surface area contributed by atoms with E-state index in [4.69, 9.17) is 15.0 Å². The summed E-state index contributed by atoms with van der Waals surface area (Å²) in [4.78, 5) is 17.8. The van der Waals surface area contributed by atoms with Crippen LogP contribution >= 0.6 is 0 Å². The molecule has 0 spiro atoms. The molecule has 242 valence electrons. The Hall–Kier alpha value is -6.65. The van der Waals surface area contributed by atoms with E-state index in [1.165, 1.54) is 22.1 Å². The van der Waals surface area contributed by atoms with Crippen molar-refractivity contribution in [3.8, 4) is 44.6 Å². The van der Waals surface area contributed by atoms with Gasteiger partial charge in [-0.15, -0.1) is 0 Å². The minimum Gasteiger partial charge on any atom is -0.292 e. The molecule has 0 N–H and O–H groups in total. The van der Waals surface area contributed by atoms with Crippen molar-refractivity contribution < 1.29 is 0 Å². The third-order valence-corrected chi connectivity index (χ3v) is 9.62. The first-order valence-electron chi connectivity index (χ1n) is 17.5. The number of rotatable bonds is 4. The van der Waals surface area contributed by atoms with Crippen LogP contribution in [0.4, 0.5) is 17.2 Å². The van der Waals surface area contributed by atoms with Crippen LogP contribution in [-0.2, 0) is 0 Å². The Morgan fingerprint density at radius 3 is 1.71 bits per heavy atom. The minimum absolute atomic E-state index is 0.768. The predicted molar refractivity (Wildman–Crippen MR) is 214 cm³/mol. The molecule has 51 heavy (non-hydrogen) atoms. The Morgan fingerprint density at radius 1 is 0.412 bits per heavy atom. The van der Waals surface area contributed by atoms with Crippen LogP contribution in [0, 0.1) is 0 Å². The molecule has 1 aliphatic heterocycles. The summed E-state index contributed by atoms with van der Waals surface area (Å²) < 4.78 is 0. The lowest BCUT2D eigenvalue weighted by atomic mass is 9.87. The molecule has 9 aromatic rings. The maximum atomic E-state index is 5.49. The van der Waals surface area contributed by atoms with E-state index < -0.39 is 0 Å². The quantitative estimate of drug-likeness (QED) is 0.177. The van der Waals surface area contributed by atoms with Crippen molar-refractivity contribution in [1.82, 2.24) is 15.0 Å². The highest BCUT2D eigenvalue weighted by Crippen LogP contribution is 2.53. The smallest absolute Gasteiger partial charge is 0.156 e. The number of hydrogen-bond donors (Lipinski definition) is 0. The molecule has 0 saturated carbocycles. The van der Waals surface area contributed by atoms with Crippen molar-refractivity contribution in [2.45, 2.75) is 13.8 Å². The second-order valence-corrected chi connectivity index (χ2v) is 12.5. The van der Waals surface area contributed by atoms with Gasteiger partial charge < -0.3 is 0 Å². The molecule has 0 amide bonds. The number of nitrogens with zero attached hydrogens (tertiary/aromatic N) is 4. The standard InChI is InChI=1S/C45H28N4.C2H6/c1-4-12-29(13-5-1)32-20-23-37-35(26-32)43-34(31-16-8-3-9-17-31)22-25-41-44(43)45(48-37)36-27-33(30-14-6-2-7-15-30)21-24-40(36)49(41)42-28-46-38-18-10-11-19-39(38)47-42;1-2/h1-28H;1-2H3. The van der Waals surface area contributed by atoms with E-state index in [9.17, 15) is 0 Å². The van der Waals surface area contributed by atoms with E-state index in [1.54, 1.807) is 0 Å². The number of benzene rings is 7. The Kier molecular flexibility index (Phi) is 7.55. The van der Waals surface area contributed by atoms with E-state index in [1.807, 2.05) is 44.3 Å². The van der Waals surface area contributed by atoms with E-state index in [0.29, 0.717) is 0 Å². The van der Waals surface area contributed by atoms with Gasteiger partial charge in [0, 0.05) is 21.7 Å². The van der Waals surface area contributed by atoms with Crippen molar-refractivity contribution >= 4 is 49.9 Å². The molecule has 7 aromatic carbocycles. The van der Waals surface area contributed by atoms with Gasteiger partial charge in [0.2, 0.25) is 0 Å². The molecule has 0 radical (unpaired) electrons. The fourth-order valence-corrected chi connectivity index (χ4v) is 7.33. The third kappa shape index (κ3) is 5.12. The molecule has 2 aromatic heterocycles. The number of fused-ring (bicyclic) bond motifs is 5. The Morgan fingerprint density at radius 2 is 1.00 bits per heavy atom. The highest BCUT2D eigenvalue weighted by atomic mass is 15.2. The summed E-state index contributed by atoms with van der Waals surface area (Å²) in [7, 11) is 0. The van der Waals surface area contributed by atoms with Crippen LogP contribution in [0.25, 0.3) is 77.3 Å². The normalized spacial score (nSPS) is 11.7. The van der Waals surface area contributed by atoms with Crippen LogP contribution in [0.2, 0.25) is 0 Å². The Bertz CT molecular complexity index is 2710. The third-order valence-electron chi connectivity index (χ3n) is 9.62. The van der Waals surface area contributed by atoms with Gasteiger partial charge in [-0.05, 0) is 75.8 Å². The number of aromatic nitrogens is 3. The summed E-state index contributed by atoms with van der Waals surface area (Å²) in [6.45, 7) is 4.00. The molecule has 0 saturated heterocycles. The molecule has 1 aliphatic rings. The first-order chi connectivity index (χ1) is 25.3. The van der Waals surface area contributed by atoms with E-state index >= 15 is 0 Å². The SMILES string of the molecule is CC.c1ccc(-c2ccc3c(c2)-c2nc4ccc(-c5ccccc5)cc4c4c(-c5ccccc5)ccc(c24)N3c2cnc3ccccc3n2)cc1. The van der Waals surface area contributed by atoms with Crippen LogP contribution < -0.4 is 4.90 Å². The summed E-state index contributed by atoms with van der Waals surface area (Å²) in [5.41, 5.74) is 13.8. The highest BCUT2D eigenvalue weighted by molar-refractivity contribution is 6.24. The van der Waals surface area contributed by atoms with Crippen molar-refractivity contribution in [2.75, 3.05) is 4.90 Å². The number of hydrogen-bond acceptors (Lipinski definition) is 4. The second-order valence-electron chi connectivity index (χ2n) is 12.5. The zero-order chi connectivity index (χ0) is 34.3. The van der Waals surface area contributed by atoms with Gasteiger partial charge >= 0.3 is 0 Å². The van der Waals surface area contributed by atoms with Crippen LogP contribution in [0.1, 0.15) is 13.8 Å². The van der Waals surface area contributed by atoms with Gasteiger partial charge in [-0.3, -0.25) is 9.88 Å². The fourth-order valence-electron chi connectivity index (χ4n) is 7.33. The first kappa shape index (κ1) is 30.4. The number of pyridine rings is 1. The number of anilines is 3. The van der Waals surface area contributed by atoms with Crippen LogP contribution in [0.15, 0.2) is 170 Å². The summed E-state index contributed by atoms with van der Waals surface area (Å²) in [5, 5.41) is 3.40. The first-order valence-corrected chi connectivity index (χ1v) is 17.5. The van der Waals surface area contributed by atoms with Gasteiger partial charge in [0.25, 0.3) is 0 Å². The Balaban J connectivity index is 0.00000171. The van der Waals surface area contributed by atoms with Crippen LogP contribution in [0.3, 0.4) is 0 Å². The molecule has 0 atom stereocenters. The maximum Gasteiger partial charge on any atom is 0.156 e. The van der Waals surface area contributed by atoms with Crippen molar-refractivity contribution in [3.63, 3.8) is 0 Å². The van der Waals surface area contributed by atoms with Crippen LogP contribution in [-0.4, -0.2) is 15.0 Å². The molecule has 0 aliphatic carbocycles. The van der Waals surface area contributed by atoms with Crippen molar-refractivity contribution in [2.24, 2.45) is 0 Å². The predicted octanol–water partition coefficient (Wildman–Crippen LogP) is 12.8. The molecule has 10 rings (SSSR count). The molecular weight excluding hydrogens is 621 g/mol. The van der Waals surface area contributed by atoms with E-state index in [2.05, 4.69) is 144 Å². The second kappa shape index (κ2) is 12.7. The highest BCUT2D eigenvalue weighted by Gasteiger charge is 2.31. The van der Waals surface area contributed by atoms with Gasteiger partial charge in [-0.25, -0.2) is 9.97 Å². The van der Waals surface area contributed by atoms with Crippen molar-refractivity contribution in [1.29, 1.82) is 0 Å². The fraction of sp³-hybridized carbons (Fsp3) is 0.0426. The number of para-hydroxylation sites is 2. The minimum atomic E-state index is 0.768. The van der Waals surface area contributed by atoms with E-state index in [0.717, 1.165) is 72.5 Å². The van der Waals surface area contributed by atoms with Gasteiger partial charge in [0.1, 0.15) is 0 Å². The zero-order valence-electron chi connectivity index (χ0n) is 28.5. The van der Waals surface area contributed by atoms with Gasteiger partial charge in [-0.2, -0.15) is 0 Å². The molecule has 4 heteroatoms. The average Bonchev–Trinajstić information content (AvgIpc) is 3.22. The van der Waals surface area contributed by atoms with Gasteiger partial charge in [0.05, 0.1) is 39.8 Å². The molecule has 0 bridgehead atoms. The summed E-state index contributed by atoms with van der Waals surface area (Å²) >= 11 is 0. The summed E-state index contributed by atoms with van der Waals surface area (Å²) in [6, 6.07) is 57.7. The molecule has 3 heterocycles. The molecular formula is C47H34N4. The largest absolute Gasteiger partial charge is 0.292 e. The topological polar surface area (TPSA) is 41.9 Å². The van der Waals surface area contributed by atoms with E-state index in [-0.39, 0.29) is 0 Å². The summed E-state index contributed by atoms with van der Waals surface area (Å²) in [5.74, 6) is 0.768. The summed E-state index contributed by atoms with van der Waals surface area (Å²) in [6.07, 6.45) is 1.89. The van der Waals surface area contributed by atoms with Gasteiger partial charge in [-0.1, -0.05) is 135 Å². The van der Waals surface area contributed by atoms with Crippen molar-refractivity contribution in [3.05, 3.63) is 170 Å². The maximum absolute atomic E-state index is 5.49. The lowest BCUT2D eigenvalue weighted by molar-refractivity contribution is 1.17. The zero-order valence-corrected chi connectivity index (χ0v) is 28.5. The lowest BCUT2D eigenvalue weighted by Crippen LogP contribution is -2.17. The monoisotopic (exact) mass is 654 g/mol. The van der Waals surface area contributed by atoms with Crippen LogP contribution in [0.5, 0.6) is 0 Å².